The van der Waals surface area contributed by atoms with Gasteiger partial charge in [0.05, 0.1) is 5.84 Å². The highest BCUT2D eigenvalue weighted by Crippen LogP contribution is 2.21. The number of hydrogen-bond acceptors (Lipinski definition) is 2. The number of fused-ring (bicyclic) bond motifs is 1. The second kappa shape index (κ2) is 4.52. The van der Waals surface area contributed by atoms with Gasteiger partial charge in [-0.3, -0.25) is 10.3 Å². The zero-order valence-electron chi connectivity index (χ0n) is 10.00. The SMILES string of the molecule is CC(C)C(=N)N1CCN2CCCCC2C1. The Morgan fingerprint density at radius 3 is 2.73 bits per heavy atom. The van der Waals surface area contributed by atoms with Gasteiger partial charge in [0.2, 0.25) is 0 Å². The molecule has 0 radical (unpaired) electrons. The number of rotatable bonds is 1. The molecule has 0 bridgehead atoms. The highest BCUT2D eigenvalue weighted by atomic mass is 15.3. The van der Waals surface area contributed by atoms with Crippen LogP contribution in [-0.4, -0.2) is 47.9 Å². The molecule has 0 spiro atoms. The summed E-state index contributed by atoms with van der Waals surface area (Å²) in [6, 6.07) is 0.728. The van der Waals surface area contributed by atoms with Gasteiger partial charge in [0.25, 0.3) is 0 Å². The number of hydrogen-bond donors (Lipinski definition) is 1. The molecule has 3 nitrogen and oxygen atoms in total. The van der Waals surface area contributed by atoms with E-state index in [1.807, 2.05) is 0 Å². The minimum absolute atomic E-state index is 0.375. The lowest BCUT2D eigenvalue weighted by Gasteiger charge is -2.45. The molecule has 3 heteroatoms. The predicted octanol–water partition coefficient (Wildman–Crippen LogP) is 1.79. The third kappa shape index (κ3) is 2.33. The monoisotopic (exact) mass is 209 g/mol. The lowest BCUT2D eigenvalue weighted by molar-refractivity contribution is 0.0780. The van der Waals surface area contributed by atoms with Crippen molar-refractivity contribution in [1.29, 1.82) is 5.41 Å². The van der Waals surface area contributed by atoms with E-state index in [0.29, 0.717) is 5.92 Å². The highest BCUT2D eigenvalue weighted by Gasteiger charge is 2.30. The number of piperazine rings is 1. The maximum atomic E-state index is 8.05. The molecule has 2 heterocycles. The standard InChI is InChI=1S/C12H23N3/c1-10(2)12(13)15-8-7-14-6-4-3-5-11(14)9-15/h10-11,13H,3-9H2,1-2H3. The van der Waals surface area contributed by atoms with E-state index in [2.05, 4.69) is 23.6 Å². The fraction of sp³-hybridized carbons (Fsp3) is 0.917. The van der Waals surface area contributed by atoms with Crippen molar-refractivity contribution in [2.24, 2.45) is 5.92 Å². The molecule has 15 heavy (non-hydrogen) atoms. The molecule has 1 atom stereocenters. The molecule has 0 aromatic rings. The number of nitrogens with zero attached hydrogens (tertiary/aromatic N) is 2. The lowest BCUT2D eigenvalue weighted by Crippen LogP contribution is -2.56. The molecule has 1 unspecified atom stereocenters. The summed E-state index contributed by atoms with van der Waals surface area (Å²) in [6.07, 6.45) is 4.09. The molecule has 0 saturated carbocycles. The summed E-state index contributed by atoms with van der Waals surface area (Å²) < 4.78 is 0. The van der Waals surface area contributed by atoms with Crippen molar-refractivity contribution in [3.8, 4) is 0 Å². The normalized spacial score (nSPS) is 27.9. The minimum Gasteiger partial charge on any atom is -0.357 e. The van der Waals surface area contributed by atoms with Crippen LogP contribution in [0.1, 0.15) is 33.1 Å². The fourth-order valence-electron chi connectivity index (χ4n) is 2.74. The van der Waals surface area contributed by atoms with Gasteiger partial charge in [0.1, 0.15) is 0 Å². The van der Waals surface area contributed by atoms with E-state index >= 15 is 0 Å². The van der Waals surface area contributed by atoms with Crippen molar-refractivity contribution in [2.75, 3.05) is 26.2 Å². The van der Waals surface area contributed by atoms with Gasteiger partial charge >= 0.3 is 0 Å². The maximum Gasteiger partial charge on any atom is 0.0984 e. The average Bonchev–Trinajstić information content (AvgIpc) is 2.27. The van der Waals surface area contributed by atoms with Crippen molar-refractivity contribution in [1.82, 2.24) is 9.80 Å². The van der Waals surface area contributed by atoms with Crippen molar-refractivity contribution < 1.29 is 0 Å². The van der Waals surface area contributed by atoms with Crippen LogP contribution in [0.3, 0.4) is 0 Å². The molecule has 1 N–H and O–H groups in total. The average molecular weight is 209 g/mol. The van der Waals surface area contributed by atoms with Crippen LogP contribution >= 0.6 is 0 Å². The molecule has 2 aliphatic rings. The van der Waals surface area contributed by atoms with Gasteiger partial charge in [0, 0.05) is 31.6 Å². The molecule has 2 aliphatic heterocycles. The number of nitrogens with one attached hydrogen (secondary N) is 1. The zero-order chi connectivity index (χ0) is 10.8. The molecule has 0 aromatic carbocycles. The van der Waals surface area contributed by atoms with Gasteiger partial charge in [-0.15, -0.1) is 0 Å². The van der Waals surface area contributed by atoms with Crippen LogP contribution in [0.15, 0.2) is 0 Å². The van der Waals surface area contributed by atoms with E-state index in [4.69, 9.17) is 5.41 Å². The molecular weight excluding hydrogens is 186 g/mol. The molecule has 2 rings (SSSR count). The molecule has 0 aromatic heterocycles. The van der Waals surface area contributed by atoms with Crippen LogP contribution < -0.4 is 0 Å². The van der Waals surface area contributed by atoms with Crippen LogP contribution in [0.5, 0.6) is 0 Å². The van der Waals surface area contributed by atoms with Crippen LogP contribution in [0.25, 0.3) is 0 Å². The second-order valence-corrected chi connectivity index (χ2v) is 5.17. The second-order valence-electron chi connectivity index (χ2n) is 5.17. The van der Waals surface area contributed by atoms with Crippen molar-refractivity contribution >= 4 is 5.84 Å². The van der Waals surface area contributed by atoms with E-state index in [-0.39, 0.29) is 0 Å². The van der Waals surface area contributed by atoms with E-state index in [0.717, 1.165) is 25.0 Å². The van der Waals surface area contributed by atoms with Crippen molar-refractivity contribution in [3.05, 3.63) is 0 Å². The Kier molecular flexibility index (Phi) is 3.29. The third-order valence-corrected chi connectivity index (χ3v) is 3.72. The van der Waals surface area contributed by atoms with Gasteiger partial charge in [-0.05, 0) is 19.4 Å². The smallest absolute Gasteiger partial charge is 0.0984 e. The minimum atomic E-state index is 0.375. The Morgan fingerprint density at radius 1 is 1.20 bits per heavy atom. The fourth-order valence-corrected chi connectivity index (χ4v) is 2.74. The van der Waals surface area contributed by atoms with Gasteiger partial charge in [-0.2, -0.15) is 0 Å². The summed E-state index contributed by atoms with van der Waals surface area (Å²) >= 11 is 0. The maximum absolute atomic E-state index is 8.05. The van der Waals surface area contributed by atoms with Crippen LogP contribution in [0.4, 0.5) is 0 Å². The van der Waals surface area contributed by atoms with Crippen molar-refractivity contribution in [3.63, 3.8) is 0 Å². The summed E-state index contributed by atoms with van der Waals surface area (Å²) in [7, 11) is 0. The number of amidine groups is 1. The van der Waals surface area contributed by atoms with E-state index in [1.165, 1.54) is 32.4 Å². The third-order valence-electron chi connectivity index (χ3n) is 3.72. The van der Waals surface area contributed by atoms with Crippen molar-refractivity contribution in [2.45, 2.75) is 39.2 Å². The Labute approximate surface area is 92.9 Å². The Balaban J connectivity index is 1.93. The lowest BCUT2D eigenvalue weighted by atomic mass is 9.98. The molecule has 2 saturated heterocycles. The van der Waals surface area contributed by atoms with Gasteiger partial charge in [-0.1, -0.05) is 20.3 Å². The van der Waals surface area contributed by atoms with Crippen LogP contribution in [0.2, 0.25) is 0 Å². The van der Waals surface area contributed by atoms with Gasteiger partial charge in [0.15, 0.2) is 0 Å². The molecule has 0 aliphatic carbocycles. The first-order valence-corrected chi connectivity index (χ1v) is 6.26. The Morgan fingerprint density at radius 2 is 2.00 bits per heavy atom. The Bertz CT molecular complexity index is 237. The zero-order valence-corrected chi connectivity index (χ0v) is 10.00. The highest BCUT2D eigenvalue weighted by molar-refractivity contribution is 5.81. The van der Waals surface area contributed by atoms with E-state index < -0.39 is 0 Å². The van der Waals surface area contributed by atoms with Crippen LogP contribution in [-0.2, 0) is 0 Å². The predicted molar refractivity (Wildman–Crippen MR) is 63.3 cm³/mol. The van der Waals surface area contributed by atoms with Crippen LogP contribution in [0, 0.1) is 11.3 Å². The largest absolute Gasteiger partial charge is 0.357 e. The Hall–Kier alpha value is -0.570. The molecular formula is C12H23N3. The molecule has 0 amide bonds. The first-order valence-electron chi connectivity index (χ1n) is 6.26. The summed E-state index contributed by atoms with van der Waals surface area (Å²) in [5.41, 5.74) is 0. The first kappa shape index (κ1) is 10.9. The number of piperidine rings is 1. The molecule has 86 valence electrons. The summed E-state index contributed by atoms with van der Waals surface area (Å²) in [5, 5.41) is 8.05. The van der Waals surface area contributed by atoms with Gasteiger partial charge < -0.3 is 4.90 Å². The summed E-state index contributed by atoms with van der Waals surface area (Å²) in [5.74, 6) is 1.21. The van der Waals surface area contributed by atoms with Gasteiger partial charge in [-0.25, -0.2) is 0 Å². The molecule has 2 fully saturated rings. The summed E-state index contributed by atoms with van der Waals surface area (Å²) in [6.45, 7) is 8.85. The topological polar surface area (TPSA) is 30.3 Å². The first-order chi connectivity index (χ1) is 7.18. The van der Waals surface area contributed by atoms with E-state index in [1.54, 1.807) is 0 Å². The van der Waals surface area contributed by atoms with E-state index in [9.17, 15) is 0 Å². The summed E-state index contributed by atoms with van der Waals surface area (Å²) in [4.78, 5) is 4.91. The quantitative estimate of drug-likeness (QED) is 0.527.